The van der Waals surface area contributed by atoms with Crippen LogP contribution in [0.15, 0.2) is 18.2 Å². The molecule has 1 amide bonds. The van der Waals surface area contributed by atoms with Gasteiger partial charge in [0.2, 0.25) is 0 Å². The van der Waals surface area contributed by atoms with E-state index < -0.39 is 0 Å². The highest BCUT2D eigenvalue weighted by atomic mass is 16.5. The summed E-state index contributed by atoms with van der Waals surface area (Å²) in [6, 6.07) is 5.21. The van der Waals surface area contributed by atoms with Crippen LogP contribution in [-0.2, 0) is 0 Å². The van der Waals surface area contributed by atoms with Crippen molar-refractivity contribution in [3.05, 3.63) is 23.8 Å². The molecule has 1 heterocycles. The molecule has 1 aromatic carbocycles. The zero-order valence-corrected chi connectivity index (χ0v) is 15.7. The zero-order chi connectivity index (χ0) is 18.1. The fourth-order valence-electron chi connectivity index (χ4n) is 2.95. The van der Waals surface area contributed by atoms with Crippen LogP contribution in [0, 0.1) is 0 Å². The van der Waals surface area contributed by atoms with Gasteiger partial charge in [-0.05, 0) is 38.6 Å². The van der Waals surface area contributed by atoms with E-state index in [1.807, 2.05) is 0 Å². The summed E-state index contributed by atoms with van der Waals surface area (Å²) in [5, 5.41) is 2.98. The second-order valence-electron chi connectivity index (χ2n) is 6.56. The van der Waals surface area contributed by atoms with Crippen LogP contribution in [0.5, 0.6) is 11.5 Å². The molecule has 1 aliphatic heterocycles. The Hall–Kier alpha value is -1.79. The van der Waals surface area contributed by atoms with Gasteiger partial charge in [-0.15, -0.1) is 0 Å². The predicted octanol–water partition coefficient (Wildman–Crippen LogP) is 1.85. The summed E-state index contributed by atoms with van der Waals surface area (Å²) in [5.74, 6) is 1.16. The molecule has 1 aromatic rings. The maximum absolute atomic E-state index is 12.3. The minimum Gasteiger partial charge on any atom is -0.497 e. The molecule has 25 heavy (non-hydrogen) atoms. The smallest absolute Gasteiger partial charge is 0.251 e. The van der Waals surface area contributed by atoms with Crippen molar-refractivity contribution >= 4 is 5.91 Å². The zero-order valence-electron chi connectivity index (χ0n) is 15.7. The number of rotatable bonds is 9. The quantitative estimate of drug-likeness (QED) is 0.690. The SMILES string of the molecule is COc1cc(OC)cc(C(=O)NCCCCCN2CCN(C)CC2)c1. The summed E-state index contributed by atoms with van der Waals surface area (Å²) in [4.78, 5) is 17.2. The lowest BCUT2D eigenvalue weighted by Crippen LogP contribution is -2.44. The number of benzene rings is 1. The van der Waals surface area contributed by atoms with E-state index >= 15 is 0 Å². The lowest BCUT2D eigenvalue weighted by atomic mass is 10.1. The van der Waals surface area contributed by atoms with Crippen molar-refractivity contribution in [3.8, 4) is 11.5 Å². The van der Waals surface area contributed by atoms with E-state index in [0.29, 0.717) is 23.6 Å². The Morgan fingerprint density at radius 1 is 1.00 bits per heavy atom. The standard InChI is InChI=1S/C19H31N3O3/c1-21-9-11-22(12-10-21)8-6-4-5-7-20-19(23)16-13-17(24-2)15-18(14-16)25-3/h13-15H,4-12H2,1-3H3,(H,20,23). The minimum absolute atomic E-state index is 0.0868. The van der Waals surface area contributed by atoms with Crippen LogP contribution in [0.3, 0.4) is 0 Å². The molecule has 1 N–H and O–H groups in total. The van der Waals surface area contributed by atoms with E-state index in [1.165, 1.54) is 32.6 Å². The minimum atomic E-state index is -0.0868. The maximum Gasteiger partial charge on any atom is 0.251 e. The number of ether oxygens (including phenoxy) is 2. The molecule has 0 aliphatic carbocycles. The van der Waals surface area contributed by atoms with Crippen molar-refractivity contribution in [1.29, 1.82) is 0 Å². The molecule has 2 rings (SSSR count). The van der Waals surface area contributed by atoms with Crippen molar-refractivity contribution in [3.63, 3.8) is 0 Å². The summed E-state index contributed by atoms with van der Waals surface area (Å²) in [5.41, 5.74) is 0.564. The van der Waals surface area contributed by atoms with Crippen LogP contribution in [0.1, 0.15) is 29.6 Å². The lowest BCUT2D eigenvalue weighted by Gasteiger charge is -2.32. The van der Waals surface area contributed by atoms with Crippen LogP contribution >= 0.6 is 0 Å². The number of methoxy groups -OCH3 is 2. The topological polar surface area (TPSA) is 54.0 Å². The number of unbranched alkanes of at least 4 members (excludes halogenated alkanes) is 2. The molecule has 0 bridgehead atoms. The number of carbonyl (C=O) groups is 1. The van der Waals surface area contributed by atoms with Gasteiger partial charge in [0.25, 0.3) is 5.91 Å². The largest absolute Gasteiger partial charge is 0.497 e. The average molecular weight is 349 g/mol. The summed E-state index contributed by atoms with van der Waals surface area (Å²) < 4.78 is 10.4. The third-order valence-corrected chi connectivity index (χ3v) is 4.65. The number of hydrogen-bond donors (Lipinski definition) is 1. The second kappa shape index (κ2) is 10.3. The van der Waals surface area contributed by atoms with Crippen LogP contribution < -0.4 is 14.8 Å². The van der Waals surface area contributed by atoms with Crippen LogP contribution in [0.2, 0.25) is 0 Å². The van der Waals surface area contributed by atoms with Gasteiger partial charge >= 0.3 is 0 Å². The molecule has 1 fully saturated rings. The molecule has 1 saturated heterocycles. The molecular weight excluding hydrogens is 318 g/mol. The lowest BCUT2D eigenvalue weighted by molar-refractivity contribution is 0.0952. The molecule has 140 valence electrons. The molecule has 0 radical (unpaired) electrons. The number of carbonyl (C=O) groups excluding carboxylic acids is 1. The number of amides is 1. The first-order chi connectivity index (χ1) is 12.1. The van der Waals surface area contributed by atoms with Crippen molar-refractivity contribution < 1.29 is 14.3 Å². The molecule has 0 spiro atoms. The van der Waals surface area contributed by atoms with Gasteiger partial charge in [0.05, 0.1) is 14.2 Å². The fourth-order valence-corrected chi connectivity index (χ4v) is 2.95. The van der Waals surface area contributed by atoms with E-state index in [0.717, 1.165) is 19.4 Å². The number of nitrogens with one attached hydrogen (secondary N) is 1. The monoisotopic (exact) mass is 349 g/mol. The van der Waals surface area contributed by atoms with Gasteiger partial charge in [-0.3, -0.25) is 4.79 Å². The Kier molecular flexibility index (Phi) is 8.01. The van der Waals surface area contributed by atoms with E-state index in [1.54, 1.807) is 32.4 Å². The van der Waals surface area contributed by atoms with Crippen molar-refractivity contribution in [2.75, 3.05) is 60.5 Å². The van der Waals surface area contributed by atoms with Crippen LogP contribution in [0.4, 0.5) is 0 Å². The molecule has 0 atom stereocenters. The van der Waals surface area contributed by atoms with Gasteiger partial charge in [0, 0.05) is 44.4 Å². The van der Waals surface area contributed by atoms with Gasteiger partial charge in [-0.2, -0.15) is 0 Å². The van der Waals surface area contributed by atoms with Gasteiger partial charge in [-0.1, -0.05) is 6.42 Å². The van der Waals surface area contributed by atoms with Gasteiger partial charge in [0.1, 0.15) is 11.5 Å². The van der Waals surface area contributed by atoms with Crippen molar-refractivity contribution in [2.45, 2.75) is 19.3 Å². The summed E-state index contributed by atoms with van der Waals surface area (Å²) in [6.45, 7) is 6.53. The first kappa shape index (κ1) is 19.5. The molecule has 0 aromatic heterocycles. The Bertz CT molecular complexity index is 520. The van der Waals surface area contributed by atoms with Gasteiger partial charge in [-0.25, -0.2) is 0 Å². The molecule has 0 saturated carbocycles. The number of piperazine rings is 1. The molecule has 6 heteroatoms. The van der Waals surface area contributed by atoms with E-state index in [9.17, 15) is 4.79 Å². The van der Waals surface area contributed by atoms with E-state index in [4.69, 9.17) is 9.47 Å². The predicted molar refractivity (Wildman–Crippen MR) is 99.7 cm³/mol. The van der Waals surface area contributed by atoms with Crippen molar-refractivity contribution in [2.24, 2.45) is 0 Å². The average Bonchev–Trinajstić information content (AvgIpc) is 2.65. The first-order valence-corrected chi connectivity index (χ1v) is 9.04. The first-order valence-electron chi connectivity index (χ1n) is 9.04. The number of likely N-dealkylation sites (N-methyl/N-ethyl adjacent to an activating group) is 1. The Morgan fingerprint density at radius 3 is 2.24 bits per heavy atom. The Morgan fingerprint density at radius 2 is 1.64 bits per heavy atom. The Labute approximate surface area is 151 Å². The third-order valence-electron chi connectivity index (χ3n) is 4.65. The maximum atomic E-state index is 12.3. The van der Waals surface area contributed by atoms with Crippen molar-refractivity contribution in [1.82, 2.24) is 15.1 Å². The molecular formula is C19H31N3O3. The summed E-state index contributed by atoms with van der Waals surface area (Å²) >= 11 is 0. The van der Waals surface area contributed by atoms with E-state index in [2.05, 4.69) is 22.2 Å². The number of nitrogens with zero attached hydrogens (tertiary/aromatic N) is 2. The molecule has 1 aliphatic rings. The Balaban J connectivity index is 1.64. The highest BCUT2D eigenvalue weighted by Crippen LogP contribution is 2.22. The third kappa shape index (κ3) is 6.55. The van der Waals surface area contributed by atoms with Crippen LogP contribution in [0.25, 0.3) is 0 Å². The normalized spacial score (nSPS) is 15.8. The van der Waals surface area contributed by atoms with Gasteiger partial charge < -0.3 is 24.6 Å². The number of hydrogen-bond acceptors (Lipinski definition) is 5. The van der Waals surface area contributed by atoms with E-state index in [-0.39, 0.29) is 5.91 Å². The fraction of sp³-hybridized carbons (Fsp3) is 0.632. The van der Waals surface area contributed by atoms with Crippen LogP contribution in [-0.4, -0.2) is 76.2 Å². The molecule has 0 unspecified atom stereocenters. The summed E-state index contributed by atoms with van der Waals surface area (Å²) in [7, 11) is 5.34. The summed E-state index contributed by atoms with van der Waals surface area (Å²) in [6.07, 6.45) is 3.32. The molecule has 6 nitrogen and oxygen atoms in total. The van der Waals surface area contributed by atoms with Gasteiger partial charge in [0.15, 0.2) is 0 Å². The second-order valence-corrected chi connectivity index (χ2v) is 6.56. The highest BCUT2D eigenvalue weighted by molar-refractivity contribution is 5.95. The highest BCUT2D eigenvalue weighted by Gasteiger charge is 2.13.